The van der Waals surface area contributed by atoms with Gasteiger partial charge in [0.1, 0.15) is 28.7 Å². The van der Waals surface area contributed by atoms with Crippen molar-refractivity contribution < 1.29 is 20.1 Å². The molecule has 0 amide bonds. The summed E-state index contributed by atoms with van der Waals surface area (Å²) in [6.45, 7) is -0.167. The van der Waals surface area contributed by atoms with Crippen molar-refractivity contribution in [1.29, 1.82) is 0 Å². The Labute approximate surface area is 112 Å². The summed E-state index contributed by atoms with van der Waals surface area (Å²) in [4.78, 5) is 8.04. The van der Waals surface area contributed by atoms with E-state index in [1.165, 1.54) is 12.4 Å². The fraction of sp³-hybridized carbons (Fsp3) is 0.600. The Hall–Kier alpha value is -0.800. The summed E-state index contributed by atoms with van der Waals surface area (Å²) in [5, 5.41) is 31.5. The number of aromatic nitrogens is 2. The first-order valence-electron chi connectivity index (χ1n) is 5.44. The number of nitrogens with one attached hydrogen (secondary N) is 1. The van der Waals surface area contributed by atoms with Crippen molar-refractivity contribution in [3.63, 3.8) is 0 Å². The maximum Gasteiger partial charge on any atom is 0.146 e. The van der Waals surface area contributed by atoms with E-state index in [4.69, 9.17) is 9.84 Å². The minimum Gasteiger partial charge on any atom is -0.394 e. The molecule has 4 atom stereocenters. The van der Waals surface area contributed by atoms with Gasteiger partial charge in [0.2, 0.25) is 0 Å². The smallest absolute Gasteiger partial charge is 0.146 e. The molecule has 1 saturated heterocycles. The Morgan fingerprint density at radius 1 is 1.39 bits per heavy atom. The summed E-state index contributed by atoms with van der Waals surface area (Å²) in [5.41, 5.74) is 0. The van der Waals surface area contributed by atoms with Crippen LogP contribution in [0.15, 0.2) is 17.0 Å². The van der Waals surface area contributed by atoms with E-state index in [1.807, 2.05) is 0 Å². The minimum atomic E-state index is -1.14. The Morgan fingerprint density at radius 2 is 2.17 bits per heavy atom. The maximum atomic E-state index is 9.91. The topological polar surface area (TPSA) is 108 Å². The van der Waals surface area contributed by atoms with Crippen molar-refractivity contribution in [3.05, 3.63) is 17.0 Å². The number of rotatable bonds is 3. The fourth-order valence-corrected chi connectivity index (χ4v) is 2.08. The van der Waals surface area contributed by atoms with Crippen molar-refractivity contribution in [2.45, 2.75) is 24.4 Å². The lowest BCUT2D eigenvalue weighted by Crippen LogP contribution is -2.56. The van der Waals surface area contributed by atoms with Gasteiger partial charge >= 0.3 is 0 Å². The Morgan fingerprint density at radius 3 is 2.83 bits per heavy atom. The average Bonchev–Trinajstić information content (AvgIpc) is 2.35. The van der Waals surface area contributed by atoms with Gasteiger partial charge in [0.25, 0.3) is 0 Å². The summed E-state index contributed by atoms with van der Waals surface area (Å²) in [6.07, 6.45) is 0.0992. The van der Waals surface area contributed by atoms with E-state index >= 15 is 0 Å². The van der Waals surface area contributed by atoms with Crippen molar-refractivity contribution >= 4 is 21.7 Å². The van der Waals surface area contributed by atoms with E-state index in [2.05, 4.69) is 31.2 Å². The number of hydrogen-bond acceptors (Lipinski definition) is 7. The van der Waals surface area contributed by atoms with Gasteiger partial charge < -0.3 is 25.4 Å². The average molecular weight is 320 g/mol. The first kappa shape index (κ1) is 13.6. The highest BCUT2D eigenvalue weighted by atomic mass is 79.9. The lowest BCUT2D eigenvalue weighted by Gasteiger charge is -2.37. The molecule has 1 aromatic heterocycles. The lowest BCUT2D eigenvalue weighted by atomic mass is 9.98. The predicted octanol–water partition coefficient (Wildman–Crippen LogP) is -0.868. The molecule has 1 fully saturated rings. The number of ether oxygens (including phenoxy) is 1. The van der Waals surface area contributed by atoms with Gasteiger partial charge in [0.15, 0.2) is 0 Å². The monoisotopic (exact) mass is 319 g/mol. The van der Waals surface area contributed by atoms with Gasteiger partial charge in [-0.05, 0) is 15.9 Å². The second-order valence-corrected chi connectivity index (χ2v) is 4.83. The number of halogens is 1. The van der Waals surface area contributed by atoms with Crippen LogP contribution < -0.4 is 5.32 Å². The van der Waals surface area contributed by atoms with E-state index < -0.39 is 24.4 Å². The molecular formula is C10H14BrN3O4. The summed E-state index contributed by atoms with van der Waals surface area (Å²) in [7, 11) is 0. The highest BCUT2D eigenvalue weighted by Gasteiger charge is 2.38. The van der Waals surface area contributed by atoms with Gasteiger partial charge in [-0.2, -0.15) is 0 Å². The van der Waals surface area contributed by atoms with Crippen LogP contribution in [0.1, 0.15) is 0 Å². The SMILES string of the molecule is OC[C@H]1OC[C@H](Nc2cncc(Br)n2)[C@@H](O)[C@H]1O. The number of nitrogens with zero attached hydrogens (tertiary/aromatic N) is 2. The second kappa shape index (κ2) is 5.89. The molecular weight excluding hydrogens is 306 g/mol. The molecule has 8 heteroatoms. The summed E-state index contributed by atoms with van der Waals surface area (Å²) in [5.74, 6) is 0.465. The van der Waals surface area contributed by atoms with Gasteiger partial charge in [0.05, 0.1) is 31.6 Å². The molecule has 1 aromatic rings. The molecule has 0 saturated carbocycles. The Bertz CT molecular complexity index is 408. The standard InChI is InChI=1S/C10H14BrN3O4/c11-7-1-12-2-8(14-7)13-5-4-18-6(3-15)10(17)9(5)16/h1-2,5-6,9-10,15-17H,3-4H2,(H,13,14)/t5-,6+,9+,10-/m0/s1. The molecule has 4 N–H and O–H groups in total. The van der Waals surface area contributed by atoms with Crippen molar-refractivity contribution in [1.82, 2.24) is 9.97 Å². The van der Waals surface area contributed by atoms with Crippen LogP contribution in [0.2, 0.25) is 0 Å². The van der Waals surface area contributed by atoms with E-state index in [0.717, 1.165) is 0 Å². The molecule has 0 bridgehead atoms. The molecule has 0 unspecified atom stereocenters. The van der Waals surface area contributed by atoms with Crippen LogP contribution in [0, 0.1) is 0 Å². The van der Waals surface area contributed by atoms with E-state index in [1.54, 1.807) is 0 Å². The molecule has 2 rings (SSSR count). The zero-order valence-corrected chi connectivity index (χ0v) is 11.0. The van der Waals surface area contributed by atoms with Crippen LogP contribution in [-0.2, 0) is 4.74 Å². The first-order chi connectivity index (χ1) is 8.61. The van der Waals surface area contributed by atoms with Crippen LogP contribution in [0.3, 0.4) is 0 Å². The summed E-state index contributed by atoms with van der Waals surface area (Å²) < 4.78 is 5.80. The van der Waals surface area contributed by atoms with E-state index in [0.29, 0.717) is 10.4 Å². The molecule has 0 aliphatic carbocycles. The first-order valence-corrected chi connectivity index (χ1v) is 6.24. The van der Waals surface area contributed by atoms with Crippen LogP contribution in [0.25, 0.3) is 0 Å². The number of aliphatic hydroxyl groups excluding tert-OH is 3. The molecule has 100 valence electrons. The largest absolute Gasteiger partial charge is 0.394 e. The third-order valence-corrected chi connectivity index (χ3v) is 3.13. The molecule has 0 radical (unpaired) electrons. The normalized spacial score (nSPS) is 32.2. The minimum absolute atomic E-state index is 0.164. The lowest BCUT2D eigenvalue weighted by molar-refractivity contribution is -0.152. The number of anilines is 1. The molecule has 18 heavy (non-hydrogen) atoms. The fourth-order valence-electron chi connectivity index (χ4n) is 1.77. The van der Waals surface area contributed by atoms with Crippen molar-refractivity contribution in [2.24, 2.45) is 0 Å². The van der Waals surface area contributed by atoms with Gasteiger partial charge in [-0.25, -0.2) is 4.98 Å². The quantitative estimate of drug-likeness (QED) is 0.573. The van der Waals surface area contributed by atoms with Gasteiger partial charge in [-0.15, -0.1) is 0 Å². The van der Waals surface area contributed by atoms with E-state index in [-0.39, 0.29) is 13.2 Å². The summed E-state index contributed by atoms with van der Waals surface area (Å²) >= 11 is 3.18. The van der Waals surface area contributed by atoms with Crippen molar-refractivity contribution in [2.75, 3.05) is 18.5 Å². The van der Waals surface area contributed by atoms with Gasteiger partial charge in [-0.1, -0.05) is 0 Å². The molecule has 2 heterocycles. The highest BCUT2D eigenvalue weighted by molar-refractivity contribution is 9.10. The second-order valence-electron chi connectivity index (χ2n) is 4.01. The highest BCUT2D eigenvalue weighted by Crippen LogP contribution is 2.18. The molecule has 0 spiro atoms. The van der Waals surface area contributed by atoms with Gasteiger partial charge in [0, 0.05) is 0 Å². The van der Waals surface area contributed by atoms with Crippen molar-refractivity contribution in [3.8, 4) is 0 Å². The van der Waals surface area contributed by atoms with E-state index in [9.17, 15) is 10.2 Å². The third kappa shape index (κ3) is 2.96. The molecule has 1 aliphatic rings. The number of aliphatic hydroxyl groups is 3. The zero-order valence-electron chi connectivity index (χ0n) is 9.40. The van der Waals surface area contributed by atoms with Crippen LogP contribution in [0.4, 0.5) is 5.82 Å². The third-order valence-electron chi connectivity index (χ3n) is 2.75. The molecule has 1 aliphatic heterocycles. The summed E-state index contributed by atoms with van der Waals surface area (Å²) in [6, 6.07) is -0.508. The zero-order chi connectivity index (χ0) is 13.1. The molecule has 7 nitrogen and oxygen atoms in total. The van der Waals surface area contributed by atoms with Gasteiger partial charge in [-0.3, -0.25) is 4.98 Å². The number of hydrogen-bond donors (Lipinski definition) is 4. The maximum absolute atomic E-state index is 9.91. The van der Waals surface area contributed by atoms with Crippen LogP contribution in [0.5, 0.6) is 0 Å². The Balaban J connectivity index is 2.02. The van der Waals surface area contributed by atoms with Crippen LogP contribution >= 0.6 is 15.9 Å². The Kier molecular flexibility index (Phi) is 4.46. The van der Waals surface area contributed by atoms with Crippen LogP contribution in [-0.4, -0.2) is 62.9 Å². The predicted molar refractivity (Wildman–Crippen MR) is 66.0 cm³/mol. The molecule has 0 aromatic carbocycles.